The minimum Gasteiger partial charge on any atom is -0.495 e. The van der Waals surface area contributed by atoms with Crippen LogP contribution in [0.2, 0.25) is 0 Å². The Kier molecular flexibility index (Phi) is 4.96. The fourth-order valence-electron chi connectivity index (χ4n) is 2.54. The predicted octanol–water partition coefficient (Wildman–Crippen LogP) is 3.56. The molecule has 0 unspecified atom stereocenters. The van der Waals surface area contributed by atoms with Gasteiger partial charge in [0.15, 0.2) is 0 Å². The number of aromatic nitrogens is 1. The summed E-state index contributed by atoms with van der Waals surface area (Å²) >= 11 is 0. The van der Waals surface area contributed by atoms with Crippen LogP contribution in [-0.4, -0.2) is 20.5 Å². The average Bonchev–Trinajstić information content (AvgIpc) is 3.15. The minimum absolute atomic E-state index is 0.125. The maximum atomic E-state index is 12.7. The lowest BCUT2D eigenvalue weighted by Gasteiger charge is -2.12. The highest BCUT2D eigenvalue weighted by Gasteiger charge is 2.19. The number of benzene rings is 2. The Morgan fingerprint density at radius 1 is 1.15 bits per heavy atom. The summed E-state index contributed by atoms with van der Waals surface area (Å²) in [4.78, 5) is 3.11. The maximum absolute atomic E-state index is 12.7. The summed E-state index contributed by atoms with van der Waals surface area (Å²) < 4.78 is 33.1. The Labute approximate surface area is 152 Å². The van der Waals surface area contributed by atoms with Gasteiger partial charge in [-0.3, -0.25) is 4.72 Å². The summed E-state index contributed by atoms with van der Waals surface area (Å²) in [6, 6.07) is 18.0. The Morgan fingerprint density at radius 2 is 1.92 bits per heavy atom. The lowest BCUT2D eigenvalue weighted by atomic mass is 10.1. The average molecular weight is 367 g/mol. The number of H-pyrrole nitrogens is 1. The summed E-state index contributed by atoms with van der Waals surface area (Å²) in [6.45, 7) is 0. The minimum atomic E-state index is -3.78. The van der Waals surface area contributed by atoms with Crippen molar-refractivity contribution in [3.8, 4) is 23.1 Å². The smallest absolute Gasteiger partial charge is 0.263 e. The first-order chi connectivity index (χ1) is 12.5. The largest absolute Gasteiger partial charge is 0.495 e. The van der Waals surface area contributed by atoms with Crippen LogP contribution in [0.5, 0.6) is 5.75 Å². The monoisotopic (exact) mass is 367 g/mol. The van der Waals surface area contributed by atoms with E-state index in [0.717, 1.165) is 11.1 Å². The summed E-state index contributed by atoms with van der Waals surface area (Å²) in [5.74, 6) is 0.361. The zero-order valence-electron chi connectivity index (χ0n) is 14.1. The van der Waals surface area contributed by atoms with Crippen molar-refractivity contribution in [1.82, 2.24) is 4.98 Å². The molecular weight excluding hydrogens is 350 g/mol. The Bertz CT molecular complexity index is 1050. The van der Waals surface area contributed by atoms with E-state index in [-0.39, 0.29) is 11.3 Å². The van der Waals surface area contributed by atoms with Crippen LogP contribution in [0, 0.1) is 11.3 Å². The van der Waals surface area contributed by atoms with Crippen molar-refractivity contribution in [2.75, 3.05) is 11.8 Å². The number of methoxy groups -OCH3 is 1. The lowest BCUT2D eigenvalue weighted by molar-refractivity contribution is 0.416. The van der Waals surface area contributed by atoms with Gasteiger partial charge in [-0.05, 0) is 29.3 Å². The van der Waals surface area contributed by atoms with Gasteiger partial charge in [-0.1, -0.05) is 36.4 Å². The molecular formula is C19H17N3O3S. The first kappa shape index (κ1) is 17.6. The molecule has 2 N–H and O–H groups in total. The molecule has 0 bridgehead atoms. The third-order valence-electron chi connectivity index (χ3n) is 3.85. The zero-order valence-corrected chi connectivity index (χ0v) is 14.9. The molecule has 0 amide bonds. The number of anilines is 1. The summed E-state index contributed by atoms with van der Waals surface area (Å²) in [6.07, 6.45) is 1.67. The molecule has 7 heteroatoms. The van der Waals surface area contributed by atoms with Crippen LogP contribution in [0.1, 0.15) is 5.56 Å². The number of ether oxygens (including phenoxy) is 1. The molecule has 6 nitrogen and oxygen atoms in total. The highest BCUT2D eigenvalue weighted by atomic mass is 32.2. The van der Waals surface area contributed by atoms with Gasteiger partial charge >= 0.3 is 0 Å². The van der Waals surface area contributed by atoms with Crippen molar-refractivity contribution in [3.05, 3.63) is 66.4 Å². The van der Waals surface area contributed by atoms with E-state index in [4.69, 9.17) is 10.00 Å². The van der Waals surface area contributed by atoms with E-state index >= 15 is 0 Å². The molecule has 0 aliphatic carbocycles. The van der Waals surface area contributed by atoms with Crippen molar-refractivity contribution < 1.29 is 13.2 Å². The molecule has 3 aromatic rings. The second-order valence-corrected chi connectivity index (χ2v) is 7.27. The van der Waals surface area contributed by atoms with Crippen LogP contribution < -0.4 is 9.46 Å². The molecule has 3 rings (SSSR count). The maximum Gasteiger partial charge on any atom is 0.263 e. The number of nitrogens with zero attached hydrogens (tertiary/aromatic N) is 1. The second-order valence-electron chi connectivity index (χ2n) is 5.59. The van der Waals surface area contributed by atoms with E-state index < -0.39 is 10.0 Å². The summed E-state index contributed by atoms with van der Waals surface area (Å²) in [5.41, 5.74) is 2.67. The van der Waals surface area contributed by atoms with Crippen LogP contribution in [0.4, 0.5) is 5.69 Å². The first-order valence-corrected chi connectivity index (χ1v) is 9.32. The van der Waals surface area contributed by atoms with Gasteiger partial charge in [-0.15, -0.1) is 0 Å². The number of nitriles is 1. The fourth-order valence-corrected chi connectivity index (χ4v) is 3.60. The Hall–Kier alpha value is -3.24. The SMILES string of the molecule is COc1cc(CC#N)ccc1NS(=O)(=O)c1c[nH]c(-c2ccccc2)c1. The highest BCUT2D eigenvalue weighted by molar-refractivity contribution is 7.92. The van der Waals surface area contributed by atoms with Gasteiger partial charge in [0.25, 0.3) is 10.0 Å². The first-order valence-electron chi connectivity index (χ1n) is 7.84. The molecule has 132 valence electrons. The highest BCUT2D eigenvalue weighted by Crippen LogP contribution is 2.29. The Morgan fingerprint density at radius 3 is 2.62 bits per heavy atom. The van der Waals surface area contributed by atoms with Crippen LogP contribution in [0.15, 0.2) is 65.7 Å². The summed E-state index contributed by atoms with van der Waals surface area (Å²) in [7, 11) is -2.33. The number of nitrogens with one attached hydrogen (secondary N) is 2. The number of aromatic amines is 1. The third kappa shape index (κ3) is 3.71. The van der Waals surface area contributed by atoms with Crippen LogP contribution >= 0.6 is 0 Å². The molecule has 1 aromatic heterocycles. The molecule has 0 fully saturated rings. The van der Waals surface area contributed by atoms with E-state index in [1.807, 2.05) is 36.4 Å². The molecule has 0 radical (unpaired) electrons. The predicted molar refractivity (Wildman–Crippen MR) is 99.3 cm³/mol. The van der Waals surface area contributed by atoms with Crippen LogP contribution in [-0.2, 0) is 16.4 Å². The summed E-state index contributed by atoms with van der Waals surface area (Å²) in [5, 5.41) is 8.78. The lowest BCUT2D eigenvalue weighted by Crippen LogP contribution is -2.13. The van der Waals surface area contributed by atoms with Crippen molar-refractivity contribution in [2.45, 2.75) is 11.3 Å². The van der Waals surface area contributed by atoms with Gasteiger partial charge in [0.1, 0.15) is 10.6 Å². The molecule has 1 heterocycles. The van der Waals surface area contributed by atoms with E-state index in [2.05, 4.69) is 9.71 Å². The molecule has 26 heavy (non-hydrogen) atoms. The van der Waals surface area contributed by atoms with Gasteiger partial charge in [0, 0.05) is 11.9 Å². The van der Waals surface area contributed by atoms with Gasteiger partial charge in [-0.2, -0.15) is 5.26 Å². The van der Waals surface area contributed by atoms with E-state index in [1.54, 1.807) is 24.3 Å². The van der Waals surface area contributed by atoms with E-state index in [0.29, 0.717) is 17.1 Å². The third-order valence-corrected chi connectivity index (χ3v) is 5.19. The van der Waals surface area contributed by atoms with Crippen molar-refractivity contribution in [3.63, 3.8) is 0 Å². The van der Waals surface area contributed by atoms with Gasteiger partial charge < -0.3 is 9.72 Å². The Balaban J connectivity index is 1.88. The zero-order chi connectivity index (χ0) is 18.6. The molecule has 0 saturated heterocycles. The molecule has 0 saturated carbocycles. The number of rotatable bonds is 6. The number of hydrogen-bond donors (Lipinski definition) is 2. The number of hydrogen-bond acceptors (Lipinski definition) is 4. The van der Waals surface area contributed by atoms with Gasteiger partial charge in [0.2, 0.25) is 0 Å². The molecule has 0 aliphatic rings. The van der Waals surface area contributed by atoms with E-state index in [1.165, 1.54) is 13.3 Å². The van der Waals surface area contributed by atoms with Crippen LogP contribution in [0.25, 0.3) is 11.3 Å². The second kappa shape index (κ2) is 7.33. The van der Waals surface area contributed by atoms with Crippen molar-refractivity contribution >= 4 is 15.7 Å². The standard InChI is InChI=1S/C19H17N3O3S/c1-25-19-11-14(9-10-20)7-8-17(19)22-26(23,24)16-12-18(21-13-16)15-5-3-2-4-6-15/h2-8,11-13,21-22H,9H2,1H3. The molecule has 2 aromatic carbocycles. The van der Waals surface area contributed by atoms with E-state index in [9.17, 15) is 8.42 Å². The topological polar surface area (TPSA) is 95.0 Å². The van der Waals surface area contributed by atoms with Crippen molar-refractivity contribution in [2.24, 2.45) is 0 Å². The van der Waals surface area contributed by atoms with Gasteiger partial charge in [-0.25, -0.2) is 8.42 Å². The molecule has 0 spiro atoms. The fraction of sp³-hybridized carbons (Fsp3) is 0.105. The number of sulfonamides is 1. The van der Waals surface area contributed by atoms with Gasteiger partial charge in [0.05, 0.1) is 25.3 Å². The van der Waals surface area contributed by atoms with Crippen LogP contribution in [0.3, 0.4) is 0 Å². The normalized spacial score (nSPS) is 10.9. The molecule has 0 aliphatic heterocycles. The molecule has 0 atom stereocenters. The van der Waals surface area contributed by atoms with Crippen molar-refractivity contribution in [1.29, 1.82) is 5.26 Å². The quantitative estimate of drug-likeness (QED) is 0.696.